The lowest BCUT2D eigenvalue weighted by molar-refractivity contribution is 0.191. The Labute approximate surface area is 109 Å². The number of aliphatic hydroxyl groups excluding tert-OH is 1. The minimum Gasteiger partial charge on any atom is -0.387 e. The van der Waals surface area contributed by atoms with Crippen molar-refractivity contribution in [3.63, 3.8) is 0 Å². The molecule has 0 radical (unpaired) electrons. The van der Waals surface area contributed by atoms with Crippen molar-refractivity contribution in [2.24, 2.45) is 5.84 Å². The van der Waals surface area contributed by atoms with E-state index in [1.165, 1.54) is 0 Å². The highest BCUT2D eigenvalue weighted by Crippen LogP contribution is 2.15. The molecule has 0 bridgehead atoms. The second-order valence-electron chi connectivity index (χ2n) is 3.84. The summed E-state index contributed by atoms with van der Waals surface area (Å²) in [5, 5.41) is 12.6. The predicted molar refractivity (Wildman–Crippen MR) is 69.7 cm³/mol. The number of aliphatic hydroxyl groups is 1. The molecule has 1 atom stereocenters. The number of anilines is 2. The third kappa shape index (κ3) is 3.36. The molecular formula is C12H14FN5O. The van der Waals surface area contributed by atoms with E-state index in [1.807, 2.05) is 18.2 Å². The molecule has 0 aliphatic heterocycles. The van der Waals surface area contributed by atoms with Crippen molar-refractivity contribution in [3.8, 4) is 0 Å². The molecule has 19 heavy (non-hydrogen) atoms. The Hall–Kier alpha value is -2.25. The van der Waals surface area contributed by atoms with Gasteiger partial charge in [-0.15, -0.1) is 0 Å². The quantitative estimate of drug-likeness (QED) is 0.475. The van der Waals surface area contributed by atoms with E-state index in [9.17, 15) is 9.50 Å². The first-order valence-electron chi connectivity index (χ1n) is 5.66. The first kappa shape index (κ1) is 13.2. The van der Waals surface area contributed by atoms with Gasteiger partial charge in [0.25, 0.3) is 0 Å². The van der Waals surface area contributed by atoms with Gasteiger partial charge >= 0.3 is 0 Å². The van der Waals surface area contributed by atoms with Gasteiger partial charge in [0.2, 0.25) is 5.95 Å². The molecule has 7 heteroatoms. The zero-order valence-corrected chi connectivity index (χ0v) is 10.0. The van der Waals surface area contributed by atoms with Crippen molar-refractivity contribution in [2.45, 2.75) is 6.10 Å². The number of benzene rings is 1. The number of nitrogen functional groups attached to an aromatic ring is 1. The fourth-order valence-electron chi connectivity index (χ4n) is 1.55. The minimum atomic E-state index is -0.759. The summed E-state index contributed by atoms with van der Waals surface area (Å²) < 4.78 is 13.4. The van der Waals surface area contributed by atoms with Crippen LogP contribution >= 0.6 is 0 Å². The van der Waals surface area contributed by atoms with Crippen LogP contribution in [0, 0.1) is 5.82 Å². The molecule has 0 spiro atoms. The van der Waals surface area contributed by atoms with Crippen LogP contribution in [0.15, 0.2) is 36.5 Å². The Morgan fingerprint density at radius 1 is 1.32 bits per heavy atom. The van der Waals surface area contributed by atoms with E-state index in [0.29, 0.717) is 0 Å². The largest absolute Gasteiger partial charge is 0.387 e. The van der Waals surface area contributed by atoms with Crippen molar-refractivity contribution in [1.29, 1.82) is 0 Å². The molecule has 0 saturated carbocycles. The Bertz CT molecular complexity index is 537. The van der Waals surface area contributed by atoms with E-state index in [0.717, 1.165) is 11.8 Å². The number of hydrogen-bond donors (Lipinski definition) is 4. The zero-order chi connectivity index (χ0) is 13.7. The van der Waals surface area contributed by atoms with E-state index < -0.39 is 11.9 Å². The molecule has 1 unspecified atom stereocenters. The summed E-state index contributed by atoms with van der Waals surface area (Å²) in [4.78, 5) is 7.43. The molecule has 1 heterocycles. The van der Waals surface area contributed by atoms with Crippen LogP contribution < -0.4 is 16.6 Å². The van der Waals surface area contributed by atoms with E-state index in [1.54, 1.807) is 12.1 Å². The van der Waals surface area contributed by atoms with Crippen LogP contribution in [-0.2, 0) is 0 Å². The number of nitrogens with one attached hydrogen (secondary N) is 2. The van der Waals surface area contributed by atoms with E-state index in [2.05, 4.69) is 20.7 Å². The van der Waals surface area contributed by atoms with Gasteiger partial charge in [-0.2, -0.15) is 4.98 Å². The van der Waals surface area contributed by atoms with Crippen LogP contribution in [0.4, 0.5) is 16.2 Å². The van der Waals surface area contributed by atoms with Crippen LogP contribution in [0.3, 0.4) is 0 Å². The number of nitrogens with two attached hydrogens (primary N) is 1. The second kappa shape index (κ2) is 6.07. The van der Waals surface area contributed by atoms with Crippen molar-refractivity contribution in [2.75, 3.05) is 17.3 Å². The lowest BCUT2D eigenvalue weighted by Gasteiger charge is -2.13. The maximum atomic E-state index is 13.4. The summed E-state index contributed by atoms with van der Waals surface area (Å²) >= 11 is 0. The Morgan fingerprint density at radius 3 is 2.74 bits per heavy atom. The highest BCUT2D eigenvalue weighted by atomic mass is 19.1. The van der Waals surface area contributed by atoms with E-state index >= 15 is 0 Å². The fraction of sp³-hybridized carbons (Fsp3) is 0.167. The molecule has 0 amide bonds. The van der Waals surface area contributed by atoms with Gasteiger partial charge in [-0.3, -0.25) is 5.43 Å². The summed E-state index contributed by atoms with van der Waals surface area (Å²) in [6.45, 7) is 0.127. The predicted octanol–water partition coefficient (Wildman–Crippen LogP) is 1.05. The maximum Gasteiger partial charge on any atom is 0.239 e. The lowest BCUT2D eigenvalue weighted by Crippen LogP contribution is -2.16. The second-order valence-corrected chi connectivity index (χ2v) is 3.84. The van der Waals surface area contributed by atoms with Gasteiger partial charge in [0.1, 0.15) is 0 Å². The van der Waals surface area contributed by atoms with Crippen molar-refractivity contribution in [3.05, 3.63) is 47.9 Å². The average Bonchev–Trinajstić information content (AvgIpc) is 2.47. The molecule has 6 nitrogen and oxygen atoms in total. The zero-order valence-electron chi connectivity index (χ0n) is 10.0. The fourth-order valence-corrected chi connectivity index (χ4v) is 1.55. The highest BCUT2D eigenvalue weighted by molar-refractivity contribution is 5.40. The van der Waals surface area contributed by atoms with Crippen LogP contribution in [0.2, 0.25) is 0 Å². The van der Waals surface area contributed by atoms with Gasteiger partial charge in [0.05, 0.1) is 12.3 Å². The summed E-state index contributed by atoms with van der Waals surface area (Å²) in [5.41, 5.74) is 2.96. The normalized spacial score (nSPS) is 11.9. The minimum absolute atomic E-state index is 0.0158. The first-order chi connectivity index (χ1) is 9.20. The molecule has 1 aromatic carbocycles. The van der Waals surface area contributed by atoms with Gasteiger partial charge in [-0.25, -0.2) is 15.2 Å². The molecule has 1 aromatic heterocycles. The summed E-state index contributed by atoms with van der Waals surface area (Å²) in [5.74, 6) is 4.61. The monoisotopic (exact) mass is 263 g/mol. The van der Waals surface area contributed by atoms with Gasteiger partial charge in [-0.05, 0) is 5.56 Å². The molecular weight excluding hydrogens is 249 g/mol. The first-order valence-corrected chi connectivity index (χ1v) is 5.66. The summed E-state index contributed by atoms with van der Waals surface area (Å²) in [6.07, 6.45) is 0.240. The molecule has 0 aliphatic rings. The van der Waals surface area contributed by atoms with Gasteiger partial charge in [0, 0.05) is 6.54 Å². The van der Waals surface area contributed by atoms with Crippen LogP contribution in [0.25, 0.3) is 0 Å². The Kier molecular flexibility index (Phi) is 4.22. The SMILES string of the molecule is NNc1ncc(F)c(NCC(O)c2ccccc2)n1. The number of aromatic nitrogens is 2. The number of halogens is 1. The molecule has 2 rings (SSSR count). The van der Waals surface area contributed by atoms with Crippen molar-refractivity contribution in [1.82, 2.24) is 9.97 Å². The topological polar surface area (TPSA) is 96.1 Å². The van der Waals surface area contributed by atoms with Gasteiger partial charge < -0.3 is 10.4 Å². The number of hydrogen-bond acceptors (Lipinski definition) is 6. The standard InChI is InChI=1S/C12H14FN5O/c13-9-6-16-12(18-14)17-11(9)15-7-10(19)8-4-2-1-3-5-8/h1-6,10,19H,7,14H2,(H2,15,16,17,18). The third-order valence-electron chi connectivity index (χ3n) is 2.52. The lowest BCUT2D eigenvalue weighted by atomic mass is 10.1. The number of nitrogens with zero attached hydrogens (tertiary/aromatic N) is 2. The van der Waals surface area contributed by atoms with Gasteiger partial charge in [-0.1, -0.05) is 30.3 Å². The number of rotatable bonds is 5. The molecule has 5 N–H and O–H groups in total. The third-order valence-corrected chi connectivity index (χ3v) is 2.52. The van der Waals surface area contributed by atoms with Gasteiger partial charge in [0.15, 0.2) is 11.6 Å². The maximum absolute atomic E-state index is 13.4. The van der Waals surface area contributed by atoms with Crippen LogP contribution in [-0.4, -0.2) is 21.6 Å². The van der Waals surface area contributed by atoms with Crippen molar-refractivity contribution < 1.29 is 9.50 Å². The van der Waals surface area contributed by atoms with E-state index in [-0.39, 0.29) is 18.3 Å². The molecule has 2 aromatic rings. The molecule has 100 valence electrons. The average molecular weight is 263 g/mol. The van der Waals surface area contributed by atoms with Crippen LogP contribution in [0.1, 0.15) is 11.7 Å². The smallest absolute Gasteiger partial charge is 0.239 e. The summed E-state index contributed by atoms with van der Waals surface area (Å²) in [6, 6.07) is 9.07. The van der Waals surface area contributed by atoms with E-state index in [4.69, 9.17) is 5.84 Å². The van der Waals surface area contributed by atoms with Crippen LogP contribution in [0.5, 0.6) is 0 Å². The Balaban J connectivity index is 2.02. The van der Waals surface area contributed by atoms with Crippen molar-refractivity contribution >= 4 is 11.8 Å². The molecule has 0 aliphatic carbocycles. The summed E-state index contributed by atoms with van der Waals surface area (Å²) in [7, 11) is 0. The molecule has 0 saturated heterocycles. The highest BCUT2D eigenvalue weighted by Gasteiger charge is 2.10. The Morgan fingerprint density at radius 2 is 2.05 bits per heavy atom. The molecule has 0 fully saturated rings. The number of hydrazine groups is 1.